The zero-order valence-electron chi connectivity index (χ0n) is 22.2. The van der Waals surface area contributed by atoms with E-state index in [4.69, 9.17) is 44.3 Å². The van der Waals surface area contributed by atoms with Crippen molar-refractivity contribution >= 4 is 96.4 Å². The SMILES string of the molecule is Cc1ccc(Nc2nc(NN=Cc3cc(Br)cc(Br)c3OCc3ccc(Cl)cc3Cl)nc(N3CCOCC3)n2)cc1Cl. The molecule has 1 aromatic heterocycles. The molecule has 42 heavy (non-hydrogen) atoms. The lowest BCUT2D eigenvalue weighted by atomic mass is 10.2. The summed E-state index contributed by atoms with van der Waals surface area (Å²) in [5.41, 5.74) is 6.16. The molecule has 0 radical (unpaired) electrons. The van der Waals surface area contributed by atoms with Crippen molar-refractivity contribution in [3.8, 4) is 5.75 Å². The van der Waals surface area contributed by atoms with Gasteiger partial charge in [0.05, 0.1) is 23.9 Å². The van der Waals surface area contributed by atoms with Crippen LogP contribution in [0.2, 0.25) is 15.1 Å². The average molecular weight is 757 g/mol. The van der Waals surface area contributed by atoms with Crippen LogP contribution < -0.4 is 20.4 Å². The van der Waals surface area contributed by atoms with Crippen LogP contribution in [0.15, 0.2) is 62.6 Å². The molecule has 2 N–H and O–H groups in total. The van der Waals surface area contributed by atoms with Crippen molar-refractivity contribution in [2.75, 3.05) is 41.9 Å². The maximum atomic E-state index is 6.34. The first-order valence-electron chi connectivity index (χ1n) is 12.7. The minimum atomic E-state index is 0.235. The number of aryl methyl sites for hydroxylation is 1. The number of nitrogens with one attached hydrogen (secondary N) is 2. The fourth-order valence-corrected chi connectivity index (χ4v) is 5.97. The number of hydrogen-bond acceptors (Lipinski definition) is 9. The minimum absolute atomic E-state index is 0.235. The second kappa shape index (κ2) is 14.2. The summed E-state index contributed by atoms with van der Waals surface area (Å²) < 4.78 is 13.2. The van der Waals surface area contributed by atoms with Crippen molar-refractivity contribution in [3.63, 3.8) is 0 Å². The topological polar surface area (TPSA) is 96.8 Å². The van der Waals surface area contributed by atoms with Crippen LogP contribution in [-0.4, -0.2) is 47.5 Å². The molecule has 1 fully saturated rings. The number of anilines is 4. The average Bonchev–Trinajstić information content (AvgIpc) is 2.96. The molecule has 14 heteroatoms. The largest absolute Gasteiger partial charge is 0.487 e. The number of benzene rings is 3. The van der Waals surface area contributed by atoms with Crippen LogP contribution in [-0.2, 0) is 11.3 Å². The van der Waals surface area contributed by atoms with E-state index >= 15 is 0 Å². The first-order valence-corrected chi connectivity index (χ1v) is 15.4. The van der Waals surface area contributed by atoms with E-state index in [0.29, 0.717) is 64.6 Å². The molecule has 1 saturated heterocycles. The number of ether oxygens (including phenoxy) is 2. The molecule has 1 aliphatic rings. The van der Waals surface area contributed by atoms with Gasteiger partial charge < -0.3 is 19.7 Å². The molecule has 2 heterocycles. The summed E-state index contributed by atoms with van der Waals surface area (Å²) in [6.07, 6.45) is 1.62. The van der Waals surface area contributed by atoms with Gasteiger partial charge in [0.15, 0.2) is 0 Å². The molecule has 5 rings (SSSR count). The van der Waals surface area contributed by atoms with E-state index in [0.717, 1.165) is 25.8 Å². The van der Waals surface area contributed by atoms with Crippen LogP contribution in [0.25, 0.3) is 0 Å². The van der Waals surface area contributed by atoms with Crippen molar-refractivity contribution in [3.05, 3.63) is 89.2 Å². The van der Waals surface area contributed by atoms with Crippen molar-refractivity contribution < 1.29 is 9.47 Å². The molecule has 0 spiro atoms. The molecular formula is C28H24Br2Cl3N7O2. The molecule has 0 amide bonds. The van der Waals surface area contributed by atoms with Gasteiger partial charge in [-0.2, -0.15) is 20.1 Å². The van der Waals surface area contributed by atoms with Gasteiger partial charge in [0.2, 0.25) is 17.8 Å². The van der Waals surface area contributed by atoms with E-state index in [-0.39, 0.29) is 12.6 Å². The van der Waals surface area contributed by atoms with Gasteiger partial charge in [-0.15, -0.1) is 0 Å². The summed E-state index contributed by atoms with van der Waals surface area (Å²) in [4.78, 5) is 15.8. The Bertz CT molecular complexity index is 1620. The summed E-state index contributed by atoms with van der Waals surface area (Å²) in [7, 11) is 0. The molecule has 0 unspecified atom stereocenters. The van der Waals surface area contributed by atoms with E-state index < -0.39 is 0 Å². The molecule has 0 atom stereocenters. The second-order valence-corrected chi connectivity index (χ2v) is 12.2. The van der Waals surface area contributed by atoms with Crippen LogP contribution in [0.1, 0.15) is 16.7 Å². The third-order valence-electron chi connectivity index (χ3n) is 6.14. The van der Waals surface area contributed by atoms with Gasteiger partial charge >= 0.3 is 0 Å². The van der Waals surface area contributed by atoms with Crippen molar-refractivity contribution in [2.45, 2.75) is 13.5 Å². The molecule has 0 aliphatic carbocycles. The number of aromatic nitrogens is 3. The van der Waals surface area contributed by atoms with Gasteiger partial charge in [-0.05, 0) is 64.8 Å². The van der Waals surface area contributed by atoms with E-state index in [2.05, 4.69) is 62.7 Å². The van der Waals surface area contributed by atoms with Crippen LogP contribution in [0.5, 0.6) is 5.75 Å². The summed E-state index contributed by atoms with van der Waals surface area (Å²) in [5, 5.41) is 9.35. The third-order valence-corrected chi connectivity index (χ3v) is 8.18. The number of hydrazone groups is 1. The summed E-state index contributed by atoms with van der Waals surface area (Å²) in [5.74, 6) is 1.69. The molecule has 0 saturated carbocycles. The highest BCUT2D eigenvalue weighted by Gasteiger charge is 2.17. The predicted molar refractivity (Wildman–Crippen MR) is 176 cm³/mol. The monoisotopic (exact) mass is 753 g/mol. The molecule has 4 aromatic rings. The van der Waals surface area contributed by atoms with Gasteiger partial charge in [0.1, 0.15) is 12.4 Å². The van der Waals surface area contributed by atoms with Crippen LogP contribution in [0.4, 0.5) is 23.5 Å². The first kappa shape index (κ1) is 30.8. The quantitative estimate of drug-likeness (QED) is 0.130. The van der Waals surface area contributed by atoms with Gasteiger partial charge in [-0.25, -0.2) is 5.43 Å². The Morgan fingerprint density at radius 3 is 2.52 bits per heavy atom. The lowest BCUT2D eigenvalue weighted by Gasteiger charge is -2.27. The van der Waals surface area contributed by atoms with Crippen LogP contribution in [0.3, 0.4) is 0 Å². The number of morpholine rings is 1. The Hall–Kier alpha value is -2.67. The number of hydrogen-bond donors (Lipinski definition) is 2. The van der Waals surface area contributed by atoms with Crippen LogP contribution in [0, 0.1) is 6.92 Å². The zero-order chi connectivity index (χ0) is 29.6. The van der Waals surface area contributed by atoms with Crippen molar-refractivity contribution in [1.82, 2.24) is 15.0 Å². The standard InChI is InChI=1S/C28H24Br2Cl3N7O2/c1-16-2-5-21(13-23(16)32)35-26-36-27(38-28(37-26)40-6-8-41-9-7-40)39-34-14-18-10-19(29)11-22(30)25(18)42-15-17-3-4-20(31)12-24(17)33/h2-5,10-14H,6-9,15H2,1H3,(H2,35,36,37,38,39). The van der Waals surface area contributed by atoms with Crippen LogP contribution >= 0.6 is 66.7 Å². The van der Waals surface area contributed by atoms with E-state index in [1.165, 1.54) is 0 Å². The smallest absolute Gasteiger partial charge is 0.250 e. The van der Waals surface area contributed by atoms with Gasteiger partial charge in [-0.3, -0.25) is 0 Å². The summed E-state index contributed by atoms with van der Waals surface area (Å²) in [6.45, 7) is 4.67. The predicted octanol–water partition coefficient (Wildman–Crippen LogP) is 8.27. The fraction of sp³-hybridized carbons (Fsp3) is 0.214. The van der Waals surface area contributed by atoms with Gasteiger partial charge in [0, 0.05) is 49.4 Å². The molecular weight excluding hydrogens is 733 g/mol. The minimum Gasteiger partial charge on any atom is -0.487 e. The van der Waals surface area contributed by atoms with Crippen molar-refractivity contribution in [1.29, 1.82) is 0 Å². The highest BCUT2D eigenvalue weighted by atomic mass is 79.9. The molecule has 0 bridgehead atoms. The lowest BCUT2D eigenvalue weighted by Crippen LogP contribution is -2.37. The maximum Gasteiger partial charge on any atom is 0.250 e. The van der Waals surface area contributed by atoms with Gasteiger partial charge in [0.25, 0.3) is 0 Å². The van der Waals surface area contributed by atoms with Gasteiger partial charge in [-0.1, -0.05) is 62.9 Å². The fourth-order valence-electron chi connectivity index (χ4n) is 3.95. The molecule has 3 aromatic carbocycles. The number of halogens is 5. The highest BCUT2D eigenvalue weighted by molar-refractivity contribution is 9.11. The zero-order valence-corrected chi connectivity index (χ0v) is 27.6. The number of nitrogens with zero attached hydrogens (tertiary/aromatic N) is 5. The lowest BCUT2D eigenvalue weighted by molar-refractivity contribution is 0.122. The molecule has 9 nitrogen and oxygen atoms in total. The third kappa shape index (κ3) is 8.03. The Balaban J connectivity index is 1.38. The van der Waals surface area contributed by atoms with Crippen molar-refractivity contribution in [2.24, 2.45) is 5.10 Å². The maximum absolute atomic E-state index is 6.34. The summed E-state index contributed by atoms with van der Waals surface area (Å²) >= 11 is 25.8. The van der Waals surface area contributed by atoms with E-state index in [9.17, 15) is 0 Å². The normalized spacial score (nSPS) is 13.4. The highest BCUT2D eigenvalue weighted by Crippen LogP contribution is 2.33. The Morgan fingerprint density at radius 1 is 0.976 bits per heavy atom. The Morgan fingerprint density at radius 2 is 1.76 bits per heavy atom. The molecule has 218 valence electrons. The second-order valence-electron chi connectivity index (χ2n) is 9.17. The summed E-state index contributed by atoms with van der Waals surface area (Å²) in [6, 6.07) is 14.7. The first-order chi connectivity index (χ1) is 20.2. The van der Waals surface area contributed by atoms with E-state index in [1.807, 2.05) is 48.2 Å². The Kier molecular flexibility index (Phi) is 10.4. The number of rotatable bonds is 9. The van der Waals surface area contributed by atoms with E-state index in [1.54, 1.807) is 18.3 Å². The Labute approximate surface area is 274 Å². The molecule has 1 aliphatic heterocycles.